The molecule has 14 heavy (non-hydrogen) atoms. The number of carboxylic acids is 1. The van der Waals surface area contributed by atoms with Gasteiger partial charge < -0.3 is 5.11 Å². The molecule has 0 aromatic carbocycles. The number of aliphatic carboxylic acids is 1. The van der Waals surface area contributed by atoms with Crippen LogP contribution in [0.25, 0.3) is 0 Å². The maximum absolute atomic E-state index is 9.76. The molecule has 0 heterocycles. The van der Waals surface area contributed by atoms with Crippen molar-refractivity contribution in [1.82, 2.24) is 5.43 Å². The fourth-order valence-electron chi connectivity index (χ4n) is 0.559. The lowest BCUT2D eigenvalue weighted by Crippen LogP contribution is -2.31. The Morgan fingerprint density at radius 1 is 1.57 bits per heavy atom. The minimum Gasteiger partial charge on any atom is -0.481 e. The lowest BCUT2D eigenvalue weighted by Gasteiger charge is -2.15. The largest absolute Gasteiger partial charge is 0.481 e. The summed E-state index contributed by atoms with van der Waals surface area (Å²) in [5.41, 5.74) is 2.92. The summed E-state index contributed by atoms with van der Waals surface area (Å²) in [7, 11) is 0. The molecule has 0 spiro atoms. The van der Waals surface area contributed by atoms with Gasteiger partial charge in [0.05, 0.1) is 6.42 Å². The Hall–Kier alpha value is -0.260. The van der Waals surface area contributed by atoms with Crippen LogP contribution in [0.3, 0.4) is 0 Å². The van der Waals surface area contributed by atoms with Crippen molar-refractivity contribution >= 4 is 18.6 Å². The quantitative estimate of drug-likeness (QED) is 0.330. The van der Waals surface area contributed by atoms with E-state index < -0.39 is 5.97 Å². The molecular weight excluding hydrogens is 200 g/mol. The molecule has 0 fully saturated rings. The lowest BCUT2D eigenvalue weighted by atomic mass is 9.98. The molecule has 4 N–H and O–H groups in total. The molecule has 1 atom stereocenters. The van der Waals surface area contributed by atoms with Gasteiger partial charge in [0.15, 0.2) is 0 Å². The second kappa shape index (κ2) is 8.08. The first-order valence-electron chi connectivity index (χ1n) is 4.52. The summed E-state index contributed by atoms with van der Waals surface area (Å²) in [5, 5.41) is 8.00. The van der Waals surface area contributed by atoms with Crippen molar-refractivity contribution in [2.45, 2.75) is 39.4 Å². The van der Waals surface area contributed by atoms with E-state index in [0.29, 0.717) is 5.41 Å². The monoisotopic (exact) mass is 222 g/mol. The highest BCUT2D eigenvalue weighted by Crippen LogP contribution is 2.08. The third-order valence-electron chi connectivity index (χ3n) is 1.10. The first kappa shape index (κ1) is 16.2. The fourth-order valence-corrected chi connectivity index (χ4v) is 0.715. The predicted molar refractivity (Wildman–Crippen MR) is 62.3 cm³/mol. The number of nitrogens with one attached hydrogen (secondary N) is 1. The van der Waals surface area contributed by atoms with Crippen molar-refractivity contribution < 1.29 is 9.90 Å². The second-order valence-electron chi connectivity index (χ2n) is 4.39. The second-order valence-corrected chi connectivity index (χ2v) is 5.27. The summed E-state index contributed by atoms with van der Waals surface area (Å²) in [5.74, 6) is 4.28. The van der Waals surface area contributed by atoms with Gasteiger partial charge in [0.1, 0.15) is 0 Å². The molecule has 0 aliphatic rings. The summed E-state index contributed by atoms with van der Waals surface area (Å²) in [6, 6.07) is 0. The Morgan fingerprint density at radius 3 is 2.00 bits per heavy atom. The smallest absolute Gasteiger partial charge is 0.304 e. The molecule has 1 unspecified atom stereocenters. The molecule has 0 rings (SSSR count). The van der Waals surface area contributed by atoms with Gasteiger partial charge in [-0.15, -0.1) is 0 Å². The number of rotatable bonds is 3. The highest BCUT2D eigenvalue weighted by Gasteiger charge is 2.06. The zero-order valence-electron chi connectivity index (χ0n) is 9.37. The summed E-state index contributed by atoms with van der Waals surface area (Å²) in [6.07, 6.45) is 0.142. The Balaban J connectivity index is 0. The molecular formula is C9H22N2O2S. The van der Waals surface area contributed by atoms with Gasteiger partial charge in [-0.3, -0.25) is 16.1 Å². The highest BCUT2D eigenvalue weighted by molar-refractivity contribution is 7.80. The fraction of sp³-hybridized carbons (Fsp3) is 0.889. The van der Waals surface area contributed by atoms with Crippen molar-refractivity contribution in [2.75, 3.05) is 6.54 Å². The molecule has 0 saturated heterocycles. The van der Waals surface area contributed by atoms with E-state index in [1.54, 1.807) is 6.92 Å². The molecule has 86 valence electrons. The van der Waals surface area contributed by atoms with Crippen LogP contribution in [0.1, 0.15) is 34.1 Å². The Labute approximate surface area is 91.6 Å². The van der Waals surface area contributed by atoms with E-state index in [9.17, 15) is 4.79 Å². The zero-order chi connectivity index (χ0) is 11.8. The SMILES string of the molecule is CC(C)(C)CNN.CC(S)CC(=O)O. The van der Waals surface area contributed by atoms with Crippen LogP contribution in [0.2, 0.25) is 0 Å². The average Bonchev–Trinajstić information content (AvgIpc) is 1.80. The van der Waals surface area contributed by atoms with Crippen LogP contribution in [-0.2, 0) is 4.79 Å². The normalized spacial score (nSPS) is 12.7. The number of thiol groups is 1. The van der Waals surface area contributed by atoms with Gasteiger partial charge in [0.25, 0.3) is 0 Å². The van der Waals surface area contributed by atoms with E-state index in [-0.39, 0.29) is 11.7 Å². The topological polar surface area (TPSA) is 75.3 Å². The molecule has 0 amide bonds. The summed E-state index contributed by atoms with van der Waals surface area (Å²) in [6.45, 7) is 9.01. The first-order chi connectivity index (χ1) is 6.19. The summed E-state index contributed by atoms with van der Waals surface area (Å²) >= 11 is 3.86. The molecule has 0 saturated carbocycles. The molecule has 4 nitrogen and oxygen atoms in total. The van der Waals surface area contributed by atoms with Gasteiger partial charge in [0, 0.05) is 11.8 Å². The Morgan fingerprint density at radius 2 is 2.00 bits per heavy atom. The molecule has 0 aliphatic carbocycles. The van der Waals surface area contributed by atoms with E-state index in [0.717, 1.165) is 6.54 Å². The first-order valence-corrected chi connectivity index (χ1v) is 5.04. The molecule has 0 aliphatic heterocycles. The third kappa shape index (κ3) is 22.6. The zero-order valence-corrected chi connectivity index (χ0v) is 10.3. The van der Waals surface area contributed by atoms with Crippen LogP contribution in [-0.4, -0.2) is 22.9 Å². The summed E-state index contributed by atoms with van der Waals surface area (Å²) in [4.78, 5) is 9.76. The van der Waals surface area contributed by atoms with Crippen LogP contribution in [0, 0.1) is 5.41 Å². The minimum atomic E-state index is -0.789. The van der Waals surface area contributed by atoms with E-state index in [1.165, 1.54) is 0 Å². The molecule has 5 heteroatoms. The molecule has 0 aromatic rings. The summed E-state index contributed by atoms with van der Waals surface area (Å²) < 4.78 is 0. The standard InChI is InChI=1S/C5H14N2.C4H8O2S/c1-5(2,3)4-7-6;1-3(7)2-4(5)6/h7H,4,6H2,1-3H3;3,7H,2H2,1H3,(H,5,6). The molecule has 0 radical (unpaired) electrons. The van der Waals surface area contributed by atoms with Crippen LogP contribution < -0.4 is 11.3 Å². The van der Waals surface area contributed by atoms with Gasteiger partial charge in [-0.25, -0.2) is 0 Å². The van der Waals surface area contributed by atoms with Crippen molar-refractivity contribution in [3.63, 3.8) is 0 Å². The number of hydrogen-bond acceptors (Lipinski definition) is 4. The number of hydrazine groups is 1. The van der Waals surface area contributed by atoms with E-state index in [1.807, 2.05) is 0 Å². The number of nitrogens with two attached hydrogens (primary N) is 1. The van der Waals surface area contributed by atoms with Crippen LogP contribution in [0.4, 0.5) is 0 Å². The van der Waals surface area contributed by atoms with Crippen molar-refractivity contribution in [3.05, 3.63) is 0 Å². The van der Waals surface area contributed by atoms with Gasteiger partial charge in [-0.2, -0.15) is 12.6 Å². The minimum absolute atomic E-state index is 0.0301. The number of carboxylic acid groups (broad SMARTS) is 1. The lowest BCUT2D eigenvalue weighted by molar-refractivity contribution is -0.136. The highest BCUT2D eigenvalue weighted by atomic mass is 32.1. The number of hydrogen-bond donors (Lipinski definition) is 4. The molecule has 0 bridgehead atoms. The van der Waals surface area contributed by atoms with Crippen molar-refractivity contribution in [3.8, 4) is 0 Å². The van der Waals surface area contributed by atoms with Crippen molar-refractivity contribution in [1.29, 1.82) is 0 Å². The van der Waals surface area contributed by atoms with Crippen LogP contribution in [0.5, 0.6) is 0 Å². The number of carbonyl (C=O) groups is 1. The van der Waals surface area contributed by atoms with Crippen LogP contribution in [0.15, 0.2) is 0 Å². The molecule has 0 aromatic heterocycles. The average molecular weight is 222 g/mol. The van der Waals surface area contributed by atoms with Gasteiger partial charge in [-0.05, 0) is 5.41 Å². The Bertz CT molecular complexity index is 155. The third-order valence-corrected chi connectivity index (χ3v) is 1.28. The Kier molecular flexibility index (Phi) is 9.34. The van der Waals surface area contributed by atoms with Gasteiger partial charge in [-0.1, -0.05) is 27.7 Å². The van der Waals surface area contributed by atoms with Gasteiger partial charge in [0.2, 0.25) is 0 Å². The van der Waals surface area contributed by atoms with Crippen molar-refractivity contribution in [2.24, 2.45) is 11.3 Å². The maximum Gasteiger partial charge on any atom is 0.304 e. The maximum atomic E-state index is 9.76. The van der Waals surface area contributed by atoms with E-state index in [4.69, 9.17) is 10.9 Å². The van der Waals surface area contributed by atoms with E-state index >= 15 is 0 Å². The van der Waals surface area contributed by atoms with Gasteiger partial charge >= 0.3 is 5.97 Å². The predicted octanol–water partition coefficient (Wildman–Crippen LogP) is 1.28. The van der Waals surface area contributed by atoms with Crippen LogP contribution >= 0.6 is 12.6 Å². The van der Waals surface area contributed by atoms with E-state index in [2.05, 4.69) is 38.8 Å².